The van der Waals surface area contributed by atoms with Crippen molar-refractivity contribution >= 4 is 17.5 Å². The highest BCUT2D eigenvalue weighted by Crippen LogP contribution is 2.33. The Morgan fingerprint density at radius 1 is 1.04 bits per heavy atom. The smallest absolute Gasteiger partial charge is 0.272 e. The van der Waals surface area contributed by atoms with Gasteiger partial charge in [-0.15, -0.1) is 0 Å². The van der Waals surface area contributed by atoms with E-state index in [-0.39, 0.29) is 11.9 Å². The van der Waals surface area contributed by atoms with Gasteiger partial charge in [0.2, 0.25) is 0 Å². The van der Waals surface area contributed by atoms with Gasteiger partial charge in [0.1, 0.15) is 17.3 Å². The summed E-state index contributed by atoms with van der Waals surface area (Å²) in [4.78, 5) is 28.2. The fraction of sp³-hybridized carbons (Fsp3) is 0.273. The van der Waals surface area contributed by atoms with Gasteiger partial charge in [-0.2, -0.15) is 0 Å². The lowest BCUT2D eigenvalue weighted by molar-refractivity contribution is 0.0729. The minimum Gasteiger partial charge on any atom is -0.330 e. The number of aryl methyl sites for hydroxylation is 2. The van der Waals surface area contributed by atoms with E-state index in [2.05, 4.69) is 20.3 Å². The molecule has 0 aliphatic carbocycles. The summed E-state index contributed by atoms with van der Waals surface area (Å²) in [6.45, 7) is 4.60. The van der Waals surface area contributed by atoms with Crippen molar-refractivity contribution in [1.82, 2.24) is 19.9 Å². The predicted octanol–water partition coefficient (Wildman–Crippen LogP) is 4.21. The number of aromatic nitrogens is 3. The largest absolute Gasteiger partial charge is 0.330 e. The van der Waals surface area contributed by atoms with Gasteiger partial charge in [-0.3, -0.25) is 4.79 Å². The lowest BCUT2D eigenvalue weighted by Crippen LogP contribution is -2.31. The highest BCUT2D eigenvalue weighted by molar-refractivity contribution is 5.92. The van der Waals surface area contributed by atoms with Crippen LogP contribution in [0, 0.1) is 13.8 Å². The number of anilines is 2. The van der Waals surface area contributed by atoms with Crippen LogP contribution in [0.15, 0.2) is 54.7 Å². The van der Waals surface area contributed by atoms with Crippen LogP contribution in [0.2, 0.25) is 0 Å². The lowest BCUT2D eigenvalue weighted by Gasteiger charge is -2.25. The fourth-order valence-electron chi connectivity index (χ4n) is 3.63. The second-order valence-corrected chi connectivity index (χ2v) is 7.08. The Morgan fingerprint density at radius 2 is 1.82 bits per heavy atom. The third-order valence-corrected chi connectivity index (χ3v) is 4.93. The summed E-state index contributed by atoms with van der Waals surface area (Å²) in [5.41, 5.74) is 3.37. The Balaban J connectivity index is 1.57. The van der Waals surface area contributed by atoms with Gasteiger partial charge in [0.15, 0.2) is 0 Å². The van der Waals surface area contributed by atoms with Crippen LogP contribution < -0.4 is 5.32 Å². The van der Waals surface area contributed by atoms with E-state index < -0.39 is 0 Å². The molecule has 1 aliphatic heterocycles. The number of amides is 1. The Morgan fingerprint density at radius 3 is 2.61 bits per heavy atom. The van der Waals surface area contributed by atoms with Crippen molar-refractivity contribution in [2.75, 3.05) is 11.9 Å². The normalized spacial score (nSPS) is 16.2. The van der Waals surface area contributed by atoms with Gasteiger partial charge in [-0.05, 0) is 68.7 Å². The van der Waals surface area contributed by atoms with Crippen molar-refractivity contribution in [2.24, 2.45) is 0 Å². The number of hydrogen-bond donors (Lipinski definition) is 1. The fourth-order valence-corrected chi connectivity index (χ4v) is 3.63. The number of nitrogens with zero attached hydrogens (tertiary/aromatic N) is 4. The summed E-state index contributed by atoms with van der Waals surface area (Å²) in [6, 6.07) is 15.4. The number of rotatable bonds is 4. The van der Waals surface area contributed by atoms with E-state index in [9.17, 15) is 4.79 Å². The maximum atomic E-state index is 13.0. The molecule has 1 aliphatic rings. The number of carbonyl (C=O) groups is 1. The third kappa shape index (κ3) is 3.86. The summed E-state index contributed by atoms with van der Waals surface area (Å²) in [6.07, 6.45) is 3.69. The molecule has 3 aromatic heterocycles. The average Bonchev–Trinajstić information content (AvgIpc) is 3.17. The third-order valence-electron chi connectivity index (χ3n) is 4.93. The maximum Gasteiger partial charge on any atom is 0.272 e. The van der Waals surface area contributed by atoms with E-state index in [1.807, 2.05) is 61.2 Å². The van der Waals surface area contributed by atoms with Crippen LogP contribution in [-0.2, 0) is 0 Å². The van der Waals surface area contributed by atoms with Crippen LogP contribution >= 0.6 is 0 Å². The summed E-state index contributed by atoms with van der Waals surface area (Å²) in [5.74, 6) is 1.47. The SMILES string of the molecule is Cc1cccc(Nc2cc(C3CCCN3C(=O)c3cccc(C)n3)ccn2)n1. The van der Waals surface area contributed by atoms with Gasteiger partial charge < -0.3 is 10.2 Å². The van der Waals surface area contributed by atoms with Crippen molar-refractivity contribution in [3.8, 4) is 0 Å². The summed E-state index contributed by atoms with van der Waals surface area (Å²) < 4.78 is 0. The van der Waals surface area contributed by atoms with Crippen LogP contribution in [0.5, 0.6) is 0 Å². The van der Waals surface area contributed by atoms with E-state index in [1.54, 1.807) is 12.3 Å². The van der Waals surface area contributed by atoms with Gasteiger partial charge in [-0.1, -0.05) is 12.1 Å². The standard InChI is InChI=1S/C22H23N5O/c1-15-6-3-8-18(24-15)22(28)27-13-5-9-19(27)17-11-12-23-21(14-17)26-20-10-4-7-16(2)25-20/h3-4,6-8,10-12,14,19H,5,9,13H2,1-2H3,(H,23,25,26). The van der Waals surface area contributed by atoms with Crippen molar-refractivity contribution in [2.45, 2.75) is 32.7 Å². The molecule has 1 atom stereocenters. The van der Waals surface area contributed by atoms with Crippen LogP contribution in [0.4, 0.5) is 11.6 Å². The van der Waals surface area contributed by atoms with E-state index in [1.165, 1.54) is 0 Å². The second-order valence-electron chi connectivity index (χ2n) is 7.08. The molecule has 6 nitrogen and oxygen atoms in total. The van der Waals surface area contributed by atoms with Gasteiger partial charge in [-0.25, -0.2) is 15.0 Å². The summed E-state index contributed by atoms with van der Waals surface area (Å²) in [5, 5.41) is 3.25. The molecule has 142 valence electrons. The predicted molar refractivity (Wildman–Crippen MR) is 108 cm³/mol. The Bertz CT molecular complexity index is 1000. The monoisotopic (exact) mass is 373 g/mol. The number of nitrogens with one attached hydrogen (secondary N) is 1. The first-order chi connectivity index (χ1) is 13.6. The quantitative estimate of drug-likeness (QED) is 0.742. The number of pyridine rings is 3. The molecule has 1 N–H and O–H groups in total. The molecular formula is C22H23N5O. The Hall–Kier alpha value is -3.28. The molecule has 1 fully saturated rings. The van der Waals surface area contributed by atoms with Crippen LogP contribution in [0.1, 0.15) is 46.3 Å². The minimum absolute atomic E-state index is 0.0159. The number of likely N-dealkylation sites (tertiary alicyclic amines) is 1. The van der Waals surface area contributed by atoms with E-state index in [4.69, 9.17) is 0 Å². The minimum atomic E-state index is -0.0159. The topological polar surface area (TPSA) is 71.0 Å². The lowest BCUT2D eigenvalue weighted by atomic mass is 10.1. The van der Waals surface area contributed by atoms with Crippen LogP contribution in [-0.4, -0.2) is 32.3 Å². The Kier molecular flexibility index (Phi) is 5.02. The molecule has 6 heteroatoms. The first-order valence-corrected chi connectivity index (χ1v) is 9.51. The number of hydrogen-bond acceptors (Lipinski definition) is 5. The molecule has 0 spiro atoms. The zero-order chi connectivity index (χ0) is 19.5. The van der Waals surface area contributed by atoms with E-state index >= 15 is 0 Å². The molecule has 0 aromatic carbocycles. The molecule has 28 heavy (non-hydrogen) atoms. The molecular weight excluding hydrogens is 350 g/mol. The van der Waals surface area contributed by atoms with Crippen molar-refractivity contribution in [3.05, 3.63) is 77.4 Å². The molecule has 1 saturated heterocycles. The van der Waals surface area contributed by atoms with E-state index in [0.717, 1.165) is 48.0 Å². The highest BCUT2D eigenvalue weighted by atomic mass is 16.2. The van der Waals surface area contributed by atoms with Gasteiger partial charge >= 0.3 is 0 Å². The van der Waals surface area contributed by atoms with Crippen molar-refractivity contribution in [3.63, 3.8) is 0 Å². The van der Waals surface area contributed by atoms with Gasteiger partial charge in [0.05, 0.1) is 6.04 Å². The van der Waals surface area contributed by atoms with Gasteiger partial charge in [0.25, 0.3) is 5.91 Å². The second kappa shape index (κ2) is 7.76. The van der Waals surface area contributed by atoms with E-state index in [0.29, 0.717) is 5.69 Å². The molecule has 0 bridgehead atoms. The molecule has 3 aromatic rings. The first kappa shape index (κ1) is 18.1. The van der Waals surface area contributed by atoms with Crippen LogP contribution in [0.25, 0.3) is 0 Å². The number of carbonyl (C=O) groups excluding carboxylic acids is 1. The molecule has 4 rings (SSSR count). The molecule has 4 heterocycles. The molecule has 1 unspecified atom stereocenters. The molecule has 0 saturated carbocycles. The average molecular weight is 373 g/mol. The molecule has 1 amide bonds. The Labute approximate surface area is 164 Å². The van der Waals surface area contributed by atoms with Crippen molar-refractivity contribution < 1.29 is 4.79 Å². The zero-order valence-corrected chi connectivity index (χ0v) is 16.1. The first-order valence-electron chi connectivity index (χ1n) is 9.51. The van der Waals surface area contributed by atoms with Crippen molar-refractivity contribution in [1.29, 1.82) is 0 Å². The highest BCUT2D eigenvalue weighted by Gasteiger charge is 2.31. The summed E-state index contributed by atoms with van der Waals surface area (Å²) >= 11 is 0. The van der Waals surface area contributed by atoms with Crippen LogP contribution in [0.3, 0.4) is 0 Å². The summed E-state index contributed by atoms with van der Waals surface area (Å²) in [7, 11) is 0. The molecule has 0 radical (unpaired) electrons. The van der Waals surface area contributed by atoms with Gasteiger partial charge in [0, 0.05) is 24.1 Å². The maximum absolute atomic E-state index is 13.0. The zero-order valence-electron chi connectivity index (χ0n) is 16.1.